The van der Waals surface area contributed by atoms with Crippen LogP contribution in [0.2, 0.25) is 0 Å². The summed E-state index contributed by atoms with van der Waals surface area (Å²) in [4.78, 5) is 2.13. The lowest BCUT2D eigenvalue weighted by molar-refractivity contribution is 0.0379. The summed E-state index contributed by atoms with van der Waals surface area (Å²) in [5, 5.41) is 8.33. The molecule has 5 heteroatoms. The fraction of sp³-hybridized carbons (Fsp3) is 0.467. The fourth-order valence-electron chi connectivity index (χ4n) is 2.54. The zero-order valence-corrected chi connectivity index (χ0v) is 11.2. The number of benzene rings is 1. The molecule has 2 fully saturated rings. The first-order valence-electron chi connectivity index (χ1n) is 7.15. The standard InChI is InChI=1S/C15H17N3O2/c1-2-4-11(5-3-1)13-10-18(8-9-19-13)15-17-16-14(20-15)12-6-7-12/h1-5,12-13H,6-10H2. The van der Waals surface area contributed by atoms with Crippen molar-refractivity contribution in [3.63, 3.8) is 0 Å². The highest BCUT2D eigenvalue weighted by molar-refractivity contribution is 5.29. The van der Waals surface area contributed by atoms with E-state index in [-0.39, 0.29) is 6.10 Å². The van der Waals surface area contributed by atoms with Gasteiger partial charge >= 0.3 is 6.01 Å². The van der Waals surface area contributed by atoms with Crippen LogP contribution in [0.1, 0.15) is 36.3 Å². The lowest BCUT2D eigenvalue weighted by Crippen LogP contribution is -2.38. The largest absolute Gasteiger partial charge is 0.408 e. The van der Waals surface area contributed by atoms with Crippen molar-refractivity contribution in [2.45, 2.75) is 24.9 Å². The molecule has 1 saturated heterocycles. The van der Waals surface area contributed by atoms with Gasteiger partial charge in [0, 0.05) is 12.5 Å². The number of morpholine rings is 1. The van der Waals surface area contributed by atoms with Crippen LogP contribution in [0.15, 0.2) is 34.7 Å². The summed E-state index contributed by atoms with van der Waals surface area (Å²) in [5.74, 6) is 1.30. The molecule has 1 saturated carbocycles. The monoisotopic (exact) mass is 271 g/mol. The number of aromatic nitrogens is 2. The molecule has 2 aromatic rings. The van der Waals surface area contributed by atoms with E-state index in [1.54, 1.807) is 0 Å². The van der Waals surface area contributed by atoms with Crippen molar-refractivity contribution in [1.29, 1.82) is 0 Å². The van der Waals surface area contributed by atoms with Crippen molar-refractivity contribution in [3.05, 3.63) is 41.8 Å². The van der Waals surface area contributed by atoms with Gasteiger partial charge in [-0.3, -0.25) is 0 Å². The molecule has 0 N–H and O–H groups in total. The Balaban J connectivity index is 1.50. The summed E-state index contributed by atoms with van der Waals surface area (Å²) in [6, 6.07) is 10.9. The molecule has 0 amide bonds. The molecular formula is C15H17N3O2. The minimum absolute atomic E-state index is 0.0706. The molecule has 2 heterocycles. The minimum atomic E-state index is 0.0706. The summed E-state index contributed by atoms with van der Waals surface area (Å²) in [5.41, 5.74) is 1.19. The zero-order valence-electron chi connectivity index (χ0n) is 11.2. The summed E-state index contributed by atoms with van der Waals surface area (Å²) >= 11 is 0. The van der Waals surface area contributed by atoms with Crippen molar-refractivity contribution >= 4 is 6.01 Å². The smallest absolute Gasteiger partial charge is 0.318 e. The third-order valence-corrected chi connectivity index (χ3v) is 3.86. The molecule has 1 aromatic heterocycles. The predicted molar refractivity (Wildman–Crippen MR) is 73.6 cm³/mol. The van der Waals surface area contributed by atoms with Crippen molar-refractivity contribution in [1.82, 2.24) is 10.2 Å². The number of anilines is 1. The maximum atomic E-state index is 5.85. The third-order valence-electron chi connectivity index (χ3n) is 3.86. The lowest BCUT2D eigenvalue weighted by atomic mass is 10.1. The summed E-state index contributed by atoms with van der Waals surface area (Å²) in [6.45, 7) is 2.24. The molecular weight excluding hydrogens is 254 g/mol. The molecule has 5 nitrogen and oxygen atoms in total. The first-order chi connectivity index (χ1) is 9.90. The van der Waals surface area contributed by atoms with Crippen LogP contribution in [0.5, 0.6) is 0 Å². The lowest BCUT2D eigenvalue weighted by Gasteiger charge is -2.31. The first-order valence-corrected chi connectivity index (χ1v) is 7.15. The van der Waals surface area contributed by atoms with Crippen molar-refractivity contribution < 1.29 is 9.15 Å². The Morgan fingerprint density at radius 2 is 1.95 bits per heavy atom. The van der Waals surface area contributed by atoms with Gasteiger partial charge in [0.15, 0.2) is 0 Å². The molecule has 1 aliphatic carbocycles. The van der Waals surface area contributed by atoms with Crippen molar-refractivity contribution in [2.75, 3.05) is 24.6 Å². The average molecular weight is 271 g/mol. The molecule has 1 aromatic carbocycles. The molecule has 20 heavy (non-hydrogen) atoms. The van der Waals surface area contributed by atoms with Gasteiger partial charge in [0.2, 0.25) is 5.89 Å². The highest BCUT2D eigenvalue weighted by Gasteiger charge is 2.31. The van der Waals surface area contributed by atoms with E-state index in [4.69, 9.17) is 9.15 Å². The molecule has 2 aliphatic rings. The quantitative estimate of drug-likeness (QED) is 0.858. The highest BCUT2D eigenvalue weighted by atomic mass is 16.5. The zero-order chi connectivity index (χ0) is 13.4. The number of hydrogen-bond acceptors (Lipinski definition) is 5. The van der Waals surface area contributed by atoms with Gasteiger partial charge in [-0.25, -0.2) is 0 Å². The fourth-order valence-corrected chi connectivity index (χ4v) is 2.54. The maximum absolute atomic E-state index is 5.85. The van der Waals surface area contributed by atoms with E-state index in [1.807, 2.05) is 18.2 Å². The van der Waals surface area contributed by atoms with Crippen LogP contribution in [-0.4, -0.2) is 29.9 Å². The van der Waals surface area contributed by atoms with Gasteiger partial charge in [-0.15, -0.1) is 5.10 Å². The number of hydrogen-bond donors (Lipinski definition) is 0. The van der Waals surface area contributed by atoms with Gasteiger partial charge in [0.05, 0.1) is 13.2 Å². The Kier molecular flexibility index (Phi) is 2.92. The molecule has 1 atom stereocenters. The molecule has 1 unspecified atom stereocenters. The average Bonchev–Trinajstić information content (AvgIpc) is 3.26. The molecule has 0 spiro atoms. The maximum Gasteiger partial charge on any atom is 0.318 e. The number of nitrogens with zero attached hydrogens (tertiary/aromatic N) is 3. The van der Waals surface area contributed by atoms with Gasteiger partial charge in [0.1, 0.15) is 6.10 Å². The molecule has 0 radical (unpaired) electrons. The van der Waals surface area contributed by atoms with E-state index < -0.39 is 0 Å². The van der Waals surface area contributed by atoms with Crippen LogP contribution in [0, 0.1) is 0 Å². The first kappa shape index (κ1) is 11.9. The normalized spacial score (nSPS) is 23.0. The number of ether oxygens (including phenoxy) is 1. The summed E-state index contributed by atoms with van der Waals surface area (Å²) < 4.78 is 11.6. The Labute approximate surface area is 117 Å². The van der Waals surface area contributed by atoms with Crippen LogP contribution in [0.25, 0.3) is 0 Å². The van der Waals surface area contributed by atoms with E-state index in [0.717, 1.165) is 19.0 Å². The van der Waals surface area contributed by atoms with Gasteiger partial charge in [-0.2, -0.15) is 0 Å². The summed E-state index contributed by atoms with van der Waals surface area (Å²) in [6.07, 6.45) is 2.43. The molecule has 4 rings (SSSR count). The number of rotatable bonds is 3. The van der Waals surface area contributed by atoms with Gasteiger partial charge in [-0.05, 0) is 18.4 Å². The molecule has 104 valence electrons. The molecule has 0 bridgehead atoms. The van der Waals surface area contributed by atoms with E-state index >= 15 is 0 Å². The predicted octanol–water partition coefficient (Wildman–Crippen LogP) is 2.52. The topological polar surface area (TPSA) is 51.4 Å². The highest BCUT2D eigenvalue weighted by Crippen LogP contribution is 2.40. The Morgan fingerprint density at radius 3 is 2.75 bits per heavy atom. The van der Waals surface area contributed by atoms with Crippen LogP contribution in [-0.2, 0) is 4.74 Å². The Hall–Kier alpha value is -1.88. The Morgan fingerprint density at radius 1 is 1.10 bits per heavy atom. The van der Waals surface area contributed by atoms with Gasteiger partial charge < -0.3 is 14.1 Å². The Bertz CT molecular complexity index is 580. The van der Waals surface area contributed by atoms with E-state index in [2.05, 4.69) is 27.2 Å². The van der Waals surface area contributed by atoms with Crippen molar-refractivity contribution in [2.24, 2.45) is 0 Å². The minimum Gasteiger partial charge on any atom is -0.408 e. The van der Waals surface area contributed by atoms with Crippen LogP contribution >= 0.6 is 0 Å². The second-order valence-electron chi connectivity index (χ2n) is 5.41. The van der Waals surface area contributed by atoms with E-state index in [0.29, 0.717) is 18.5 Å². The van der Waals surface area contributed by atoms with Crippen molar-refractivity contribution in [3.8, 4) is 0 Å². The second kappa shape index (κ2) is 4.90. The van der Waals surface area contributed by atoms with Crippen LogP contribution in [0.4, 0.5) is 6.01 Å². The van der Waals surface area contributed by atoms with Crippen LogP contribution in [0.3, 0.4) is 0 Å². The van der Waals surface area contributed by atoms with Gasteiger partial charge in [-0.1, -0.05) is 35.4 Å². The SMILES string of the molecule is c1ccc(C2CN(c3nnc(C4CC4)o3)CCO2)cc1. The molecule has 1 aliphatic heterocycles. The van der Waals surface area contributed by atoms with Crippen LogP contribution < -0.4 is 4.90 Å². The van der Waals surface area contributed by atoms with E-state index in [9.17, 15) is 0 Å². The third kappa shape index (κ3) is 2.29. The van der Waals surface area contributed by atoms with Gasteiger partial charge in [0.25, 0.3) is 0 Å². The second-order valence-corrected chi connectivity index (χ2v) is 5.41. The van der Waals surface area contributed by atoms with E-state index in [1.165, 1.54) is 18.4 Å². The summed E-state index contributed by atoms with van der Waals surface area (Å²) in [7, 11) is 0.